The molecule has 0 aliphatic heterocycles. The molecule has 0 amide bonds. The van der Waals surface area contributed by atoms with Crippen molar-refractivity contribution in [1.29, 1.82) is 0 Å². The zero-order chi connectivity index (χ0) is 15.3. The number of unbranched alkanes of at least 4 members (excludes halogenated alkanes) is 2. The molecule has 0 bridgehead atoms. The van der Waals surface area contributed by atoms with E-state index in [1.165, 1.54) is 0 Å². The van der Waals surface area contributed by atoms with Gasteiger partial charge in [-0.2, -0.15) is 0 Å². The van der Waals surface area contributed by atoms with Gasteiger partial charge in [0, 0.05) is 13.0 Å². The Morgan fingerprint density at radius 2 is 1.32 bits per heavy atom. The molecular weight excluding hydrogens is 365 g/mol. The van der Waals surface area contributed by atoms with Crippen LogP contribution in [0.3, 0.4) is 0 Å². The normalized spacial score (nSPS) is 12.2. The van der Waals surface area contributed by atoms with Crippen molar-refractivity contribution in [1.82, 2.24) is 4.90 Å². The summed E-state index contributed by atoms with van der Waals surface area (Å²) in [7, 11) is -9.00. The summed E-state index contributed by atoms with van der Waals surface area (Å²) in [6.45, 7) is 2.64. The van der Waals surface area contributed by atoms with Gasteiger partial charge in [-0.15, -0.1) is 0 Å². The summed E-state index contributed by atoms with van der Waals surface area (Å²) in [6, 6.07) is 0. The predicted octanol–water partition coefficient (Wildman–Crippen LogP) is -1.45. The van der Waals surface area contributed by atoms with Crippen LogP contribution in [0.25, 0.3) is 0 Å². The fraction of sp³-hybridized carbons (Fsp3) is 1.00. The first-order chi connectivity index (χ1) is 8.45. The Labute approximate surface area is 198 Å². The van der Waals surface area contributed by atoms with Gasteiger partial charge >= 0.3 is 104 Å². The Balaban J connectivity index is -0.000000540. The first-order valence-electron chi connectivity index (χ1n) is 5.98. The molecule has 0 aromatic carbocycles. The Morgan fingerprint density at radius 1 is 0.909 bits per heavy atom. The van der Waals surface area contributed by atoms with E-state index in [1.54, 1.807) is 11.9 Å². The maximum absolute atomic E-state index is 11.1. The van der Waals surface area contributed by atoms with E-state index in [-0.39, 0.29) is 95.2 Å². The third-order valence-electron chi connectivity index (χ3n) is 2.91. The van der Waals surface area contributed by atoms with Crippen LogP contribution >= 0.6 is 15.2 Å². The van der Waals surface area contributed by atoms with E-state index in [9.17, 15) is 14.2 Å². The molecule has 0 atom stereocenters. The van der Waals surface area contributed by atoms with E-state index >= 15 is 0 Å². The van der Waals surface area contributed by atoms with Gasteiger partial charge in [-0.25, -0.2) is 0 Å². The van der Waals surface area contributed by atoms with E-state index in [0.717, 1.165) is 19.3 Å². The summed E-state index contributed by atoms with van der Waals surface area (Å²) in [5.41, 5.74) is 0. The van der Waals surface area contributed by atoms with Crippen LogP contribution in [-0.4, -0.2) is 143 Å². The van der Waals surface area contributed by atoms with Crippen LogP contribution in [-0.2, 0) is 9.13 Å². The molecule has 0 aliphatic rings. The number of aliphatic hydroxyl groups is 1. The van der Waals surface area contributed by atoms with Crippen LogP contribution in [0.1, 0.15) is 32.6 Å². The molecule has 22 heavy (non-hydrogen) atoms. The number of hydrogen-bond acceptors (Lipinski definition) is 4. The molecule has 5 N–H and O–H groups in total. The number of rotatable bonds is 9. The SMILES string of the molecule is CCCCCN(C)CCC(O)(P(=O)(O)O)P(=O)(O)O.[NaH].[NaH].[NaH]. The average Bonchev–Trinajstić information content (AvgIpc) is 2.23. The minimum absolute atomic E-state index is 0. The van der Waals surface area contributed by atoms with E-state index < -0.39 is 26.7 Å². The molecule has 0 spiro atoms. The Morgan fingerprint density at radius 3 is 1.64 bits per heavy atom. The first kappa shape index (κ1) is 32.9. The van der Waals surface area contributed by atoms with Crippen molar-refractivity contribution in [3.63, 3.8) is 0 Å². The van der Waals surface area contributed by atoms with Crippen LogP contribution in [0, 0.1) is 0 Å². The van der Waals surface area contributed by atoms with Crippen molar-refractivity contribution < 1.29 is 33.8 Å². The molecule has 13 heteroatoms. The van der Waals surface area contributed by atoms with Gasteiger partial charge in [0.1, 0.15) is 0 Å². The van der Waals surface area contributed by atoms with E-state index in [4.69, 9.17) is 19.6 Å². The van der Waals surface area contributed by atoms with Crippen molar-refractivity contribution in [2.75, 3.05) is 20.1 Å². The maximum atomic E-state index is 11.1. The average molecular weight is 391 g/mol. The molecule has 0 heterocycles. The monoisotopic (exact) mass is 391 g/mol. The van der Waals surface area contributed by atoms with Crippen molar-refractivity contribution in [3.8, 4) is 0 Å². The quantitative estimate of drug-likeness (QED) is 0.183. The molecule has 0 rings (SSSR count). The molecule has 8 nitrogen and oxygen atoms in total. The number of nitrogens with zero attached hydrogens (tertiary/aromatic N) is 1. The summed E-state index contributed by atoms with van der Waals surface area (Å²) in [5, 5.41) is 6.35. The first-order valence-corrected chi connectivity index (χ1v) is 9.20. The minimum atomic E-state index is -5.33. The summed E-state index contributed by atoms with van der Waals surface area (Å²) in [4.78, 5) is 37.5. The van der Waals surface area contributed by atoms with Gasteiger partial charge in [0.05, 0.1) is 0 Å². The van der Waals surface area contributed by atoms with E-state index in [1.807, 2.05) is 6.92 Å². The molecule has 0 radical (unpaired) electrons. The second kappa shape index (κ2) is 14.3. The zero-order valence-electron chi connectivity index (χ0n) is 11.1. The van der Waals surface area contributed by atoms with Gasteiger partial charge in [0.15, 0.2) is 0 Å². The van der Waals surface area contributed by atoms with Crippen LogP contribution in [0.5, 0.6) is 0 Å². The Kier molecular flexibility index (Phi) is 21.4. The third kappa shape index (κ3) is 11.0. The summed E-state index contributed by atoms with van der Waals surface area (Å²) in [6.07, 6.45) is 2.19. The number of hydrogen-bond donors (Lipinski definition) is 5. The van der Waals surface area contributed by atoms with Gasteiger partial charge in [-0.05, 0) is 20.0 Å². The van der Waals surface area contributed by atoms with Crippen LogP contribution in [0.15, 0.2) is 0 Å². The zero-order valence-corrected chi connectivity index (χ0v) is 12.9. The van der Waals surface area contributed by atoms with Crippen LogP contribution in [0.4, 0.5) is 0 Å². The van der Waals surface area contributed by atoms with Gasteiger partial charge in [-0.3, -0.25) is 9.13 Å². The Bertz CT molecular complexity index is 354. The summed E-state index contributed by atoms with van der Waals surface area (Å²) >= 11 is 0. The summed E-state index contributed by atoms with van der Waals surface area (Å²) in [5.74, 6) is 0. The van der Waals surface area contributed by atoms with E-state index in [2.05, 4.69) is 0 Å². The molecule has 0 saturated heterocycles. The van der Waals surface area contributed by atoms with Crippen molar-refractivity contribution in [2.24, 2.45) is 0 Å². The molecule has 0 unspecified atom stereocenters. The van der Waals surface area contributed by atoms with Gasteiger partial charge in [-0.1, -0.05) is 19.8 Å². The molecule has 0 saturated carbocycles. The predicted molar refractivity (Wildman–Crippen MR) is 92.1 cm³/mol. The van der Waals surface area contributed by atoms with E-state index in [0.29, 0.717) is 6.54 Å². The van der Waals surface area contributed by atoms with Gasteiger partial charge < -0.3 is 29.6 Å². The third-order valence-corrected chi connectivity index (χ3v) is 6.78. The van der Waals surface area contributed by atoms with Crippen molar-refractivity contribution >= 4 is 104 Å². The van der Waals surface area contributed by atoms with Crippen molar-refractivity contribution in [2.45, 2.75) is 37.7 Å². The molecule has 0 fully saturated rings. The fourth-order valence-corrected chi connectivity index (χ4v) is 3.69. The second-order valence-electron chi connectivity index (χ2n) is 4.62. The van der Waals surface area contributed by atoms with Gasteiger partial charge in [0.25, 0.3) is 5.08 Å². The van der Waals surface area contributed by atoms with Crippen LogP contribution in [0.2, 0.25) is 0 Å². The summed E-state index contributed by atoms with van der Waals surface area (Å²) < 4.78 is 22.2. The molecular formula is C9H26NNa3O7P2. The van der Waals surface area contributed by atoms with Gasteiger partial charge in [0.2, 0.25) is 0 Å². The van der Waals surface area contributed by atoms with Crippen molar-refractivity contribution in [3.05, 3.63) is 0 Å². The van der Waals surface area contributed by atoms with Crippen LogP contribution < -0.4 is 0 Å². The Hall–Kier alpha value is 3.22. The molecule has 0 aromatic heterocycles. The molecule has 122 valence electrons. The second-order valence-corrected chi connectivity index (χ2v) is 8.63. The molecule has 0 aliphatic carbocycles. The fourth-order valence-electron chi connectivity index (χ4n) is 1.55. The topological polar surface area (TPSA) is 139 Å². The molecule has 0 aromatic rings. The standard InChI is InChI=1S/C9H23NO7P2.3Na.3H/c1-3-4-5-7-10(2)8-6-9(11,18(12,13)14)19(15,16)17;;;;;;/h11H,3-8H2,1-2H3,(H2,12,13,14)(H2,15,16,17);;;;;;.